The molecule has 0 bridgehead atoms. The molecule has 0 saturated heterocycles. The van der Waals surface area contributed by atoms with Crippen molar-refractivity contribution < 1.29 is 9.50 Å². The number of halogens is 2. The van der Waals surface area contributed by atoms with Gasteiger partial charge in [0.05, 0.1) is 6.10 Å². The highest BCUT2D eigenvalue weighted by Crippen LogP contribution is 2.25. The van der Waals surface area contributed by atoms with Crippen LogP contribution in [-0.4, -0.2) is 11.7 Å². The summed E-state index contributed by atoms with van der Waals surface area (Å²) in [5, 5.41) is 9.58. The molecule has 4 heteroatoms. The first-order valence-electron chi connectivity index (χ1n) is 4.40. The molecule has 0 saturated carbocycles. The van der Waals surface area contributed by atoms with Gasteiger partial charge in [0, 0.05) is 10.0 Å². The monoisotopic (exact) mass is 261 g/mol. The van der Waals surface area contributed by atoms with E-state index in [9.17, 15) is 9.50 Å². The van der Waals surface area contributed by atoms with E-state index in [1.54, 1.807) is 6.07 Å². The summed E-state index contributed by atoms with van der Waals surface area (Å²) in [6.07, 6.45) is -0.440. The van der Waals surface area contributed by atoms with Crippen molar-refractivity contribution in [1.29, 1.82) is 0 Å². The van der Waals surface area contributed by atoms with Crippen molar-refractivity contribution in [1.82, 2.24) is 0 Å². The SMILES string of the molecule is Cc1cc(C(O)CCN)c(F)cc1Br. The van der Waals surface area contributed by atoms with E-state index in [0.29, 0.717) is 23.0 Å². The molecule has 0 amide bonds. The van der Waals surface area contributed by atoms with Gasteiger partial charge in [-0.2, -0.15) is 0 Å². The van der Waals surface area contributed by atoms with Gasteiger partial charge in [0.15, 0.2) is 0 Å². The lowest BCUT2D eigenvalue weighted by molar-refractivity contribution is 0.165. The van der Waals surface area contributed by atoms with Gasteiger partial charge < -0.3 is 10.8 Å². The maximum atomic E-state index is 13.4. The Hall–Kier alpha value is -0.450. The number of hydrogen-bond donors (Lipinski definition) is 2. The Kier molecular flexibility index (Phi) is 4.04. The minimum atomic E-state index is -0.813. The Bertz CT molecular complexity index is 330. The molecule has 0 aliphatic carbocycles. The summed E-state index contributed by atoms with van der Waals surface area (Å²) in [6.45, 7) is 2.19. The lowest BCUT2D eigenvalue weighted by Crippen LogP contribution is -2.08. The van der Waals surface area contributed by atoms with Crippen molar-refractivity contribution in [3.8, 4) is 0 Å². The molecule has 1 aromatic rings. The fourth-order valence-corrected chi connectivity index (χ4v) is 1.56. The summed E-state index contributed by atoms with van der Waals surface area (Å²) in [7, 11) is 0. The van der Waals surface area contributed by atoms with Gasteiger partial charge in [-0.3, -0.25) is 0 Å². The number of nitrogens with two attached hydrogens (primary N) is 1. The van der Waals surface area contributed by atoms with Crippen LogP contribution in [-0.2, 0) is 0 Å². The zero-order valence-electron chi connectivity index (χ0n) is 7.93. The van der Waals surface area contributed by atoms with E-state index in [0.717, 1.165) is 5.56 Å². The summed E-state index contributed by atoms with van der Waals surface area (Å²) < 4.78 is 14.1. The van der Waals surface area contributed by atoms with Gasteiger partial charge in [-0.1, -0.05) is 15.9 Å². The third kappa shape index (κ3) is 2.53. The normalized spacial score (nSPS) is 12.9. The minimum absolute atomic E-state index is 0.316. The molecule has 0 fully saturated rings. The third-order valence-corrected chi connectivity index (χ3v) is 2.93. The molecule has 1 aromatic carbocycles. The van der Waals surface area contributed by atoms with Crippen molar-refractivity contribution >= 4 is 15.9 Å². The molecule has 0 aliphatic rings. The molecule has 1 unspecified atom stereocenters. The number of benzene rings is 1. The molecule has 0 aliphatic heterocycles. The Morgan fingerprint density at radius 3 is 2.79 bits per heavy atom. The van der Waals surface area contributed by atoms with Gasteiger partial charge in [-0.05, 0) is 37.6 Å². The molecule has 78 valence electrons. The molecule has 0 heterocycles. The molecule has 0 aromatic heterocycles. The maximum Gasteiger partial charge on any atom is 0.130 e. The smallest absolute Gasteiger partial charge is 0.130 e. The first kappa shape index (κ1) is 11.6. The van der Waals surface area contributed by atoms with Crippen molar-refractivity contribution in [3.63, 3.8) is 0 Å². The molecule has 3 N–H and O–H groups in total. The van der Waals surface area contributed by atoms with Crippen LogP contribution in [0.1, 0.15) is 23.7 Å². The fraction of sp³-hybridized carbons (Fsp3) is 0.400. The van der Waals surface area contributed by atoms with Gasteiger partial charge in [0.2, 0.25) is 0 Å². The van der Waals surface area contributed by atoms with Crippen LogP contribution in [0, 0.1) is 12.7 Å². The van der Waals surface area contributed by atoms with Crippen LogP contribution in [0.3, 0.4) is 0 Å². The molecular weight excluding hydrogens is 249 g/mol. The summed E-state index contributed by atoms with van der Waals surface area (Å²) >= 11 is 3.22. The van der Waals surface area contributed by atoms with Crippen molar-refractivity contribution in [3.05, 3.63) is 33.5 Å². The number of aliphatic hydroxyl groups is 1. The number of hydrogen-bond acceptors (Lipinski definition) is 2. The number of aliphatic hydroxyl groups excluding tert-OH is 1. The highest BCUT2D eigenvalue weighted by Gasteiger charge is 2.13. The number of aryl methyl sites for hydroxylation is 1. The van der Waals surface area contributed by atoms with Gasteiger partial charge >= 0.3 is 0 Å². The fourth-order valence-electron chi connectivity index (χ4n) is 1.25. The van der Waals surface area contributed by atoms with E-state index >= 15 is 0 Å². The molecule has 0 spiro atoms. The van der Waals surface area contributed by atoms with Crippen molar-refractivity contribution in [2.45, 2.75) is 19.4 Å². The maximum absolute atomic E-state index is 13.4. The lowest BCUT2D eigenvalue weighted by Gasteiger charge is -2.12. The molecule has 1 rings (SSSR count). The predicted octanol–water partition coefficient (Wildman–Crippen LogP) is 2.28. The summed E-state index contributed by atoms with van der Waals surface area (Å²) in [6, 6.07) is 3.00. The second-order valence-corrected chi connectivity index (χ2v) is 4.07. The van der Waals surface area contributed by atoms with Crippen LogP contribution in [0.5, 0.6) is 0 Å². The number of rotatable bonds is 3. The van der Waals surface area contributed by atoms with Gasteiger partial charge in [-0.15, -0.1) is 0 Å². The van der Waals surface area contributed by atoms with E-state index in [1.807, 2.05) is 6.92 Å². The van der Waals surface area contributed by atoms with E-state index in [4.69, 9.17) is 5.73 Å². The van der Waals surface area contributed by atoms with E-state index in [2.05, 4.69) is 15.9 Å². The third-order valence-electron chi connectivity index (χ3n) is 2.08. The second-order valence-electron chi connectivity index (χ2n) is 3.22. The summed E-state index contributed by atoms with van der Waals surface area (Å²) in [5.74, 6) is -0.400. The van der Waals surface area contributed by atoms with Crippen molar-refractivity contribution in [2.24, 2.45) is 5.73 Å². The van der Waals surface area contributed by atoms with Crippen LogP contribution < -0.4 is 5.73 Å². The van der Waals surface area contributed by atoms with Crippen LogP contribution in [0.2, 0.25) is 0 Å². The Balaban J connectivity index is 3.02. The van der Waals surface area contributed by atoms with E-state index in [-0.39, 0.29) is 0 Å². The Morgan fingerprint density at radius 2 is 2.21 bits per heavy atom. The highest BCUT2D eigenvalue weighted by atomic mass is 79.9. The molecular formula is C10H13BrFNO. The Labute approximate surface area is 91.1 Å². The topological polar surface area (TPSA) is 46.2 Å². The van der Waals surface area contributed by atoms with Crippen LogP contribution in [0.15, 0.2) is 16.6 Å². The van der Waals surface area contributed by atoms with Gasteiger partial charge in [0.1, 0.15) is 5.82 Å². The first-order chi connectivity index (χ1) is 6.56. The first-order valence-corrected chi connectivity index (χ1v) is 5.19. The summed E-state index contributed by atoms with van der Waals surface area (Å²) in [4.78, 5) is 0. The minimum Gasteiger partial charge on any atom is -0.388 e. The summed E-state index contributed by atoms with van der Waals surface area (Å²) in [5.41, 5.74) is 6.51. The highest BCUT2D eigenvalue weighted by molar-refractivity contribution is 9.10. The molecule has 0 radical (unpaired) electrons. The Morgan fingerprint density at radius 1 is 1.57 bits per heavy atom. The van der Waals surface area contributed by atoms with Crippen LogP contribution in [0.4, 0.5) is 4.39 Å². The van der Waals surface area contributed by atoms with Crippen LogP contribution >= 0.6 is 15.9 Å². The van der Waals surface area contributed by atoms with Gasteiger partial charge in [0.25, 0.3) is 0 Å². The zero-order valence-corrected chi connectivity index (χ0v) is 9.51. The van der Waals surface area contributed by atoms with Crippen LogP contribution in [0.25, 0.3) is 0 Å². The van der Waals surface area contributed by atoms with E-state index < -0.39 is 11.9 Å². The van der Waals surface area contributed by atoms with Gasteiger partial charge in [-0.25, -0.2) is 4.39 Å². The molecule has 14 heavy (non-hydrogen) atoms. The average Bonchev–Trinajstić information content (AvgIpc) is 2.11. The standard InChI is InChI=1S/C10H13BrFNO/c1-6-4-7(10(14)2-3-13)9(12)5-8(6)11/h4-5,10,14H,2-3,13H2,1H3. The second kappa shape index (κ2) is 4.87. The predicted molar refractivity (Wildman–Crippen MR) is 57.5 cm³/mol. The van der Waals surface area contributed by atoms with E-state index in [1.165, 1.54) is 6.07 Å². The zero-order chi connectivity index (χ0) is 10.7. The quantitative estimate of drug-likeness (QED) is 0.877. The van der Waals surface area contributed by atoms with Crippen molar-refractivity contribution in [2.75, 3.05) is 6.54 Å². The molecule has 2 nitrogen and oxygen atoms in total. The largest absolute Gasteiger partial charge is 0.388 e. The molecule has 1 atom stereocenters. The lowest BCUT2D eigenvalue weighted by atomic mass is 10.0. The average molecular weight is 262 g/mol.